The van der Waals surface area contributed by atoms with Crippen molar-refractivity contribution in [1.82, 2.24) is 15.1 Å². The number of hydrogen-bond acceptors (Lipinski definition) is 5. The summed E-state index contributed by atoms with van der Waals surface area (Å²) < 4.78 is 41.1. The number of carbonyl (C=O) groups is 3. The number of anilines is 1. The highest BCUT2D eigenvalue weighted by Crippen LogP contribution is 2.31. The van der Waals surface area contributed by atoms with Gasteiger partial charge in [0, 0.05) is 31.9 Å². The molecule has 1 unspecified atom stereocenters. The van der Waals surface area contributed by atoms with Gasteiger partial charge in [-0.1, -0.05) is 24.3 Å². The van der Waals surface area contributed by atoms with Crippen LogP contribution >= 0.6 is 0 Å². The van der Waals surface area contributed by atoms with Crippen molar-refractivity contribution in [2.24, 2.45) is 0 Å². The predicted molar refractivity (Wildman–Crippen MR) is 121 cm³/mol. The number of imide groups is 1. The fourth-order valence-corrected chi connectivity index (χ4v) is 4.30. The summed E-state index contributed by atoms with van der Waals surface area (Å²) in [6.45, 7) is 5.19. The predicted octanol–water partition coefficient (Wildman–Crippen LogP) is 3.01. The van der Waals surface area contributed by atoms with Gasteiger partial charge in [0.15, 0.2) is 0 Å². The van der Waals surface area contributed by atoms with E-state index in [2.05, 4.69) is 21.0 Å². The second-order valence-corrected chi connectivity index (χ2v) is 8.73. The Morgan fingerprint density at radius 1 is 1.06 bits per heavy atom. The summed E-state index contributed by atoms with van der Waals surface area (Å²) in [7, 11) is 0. The number of alkyl halides is 3. The number of halogens is 3. The van der Waals surface area contributed by atoms with E-state index in [1.54, 1.807) is 4.90 Å². The normalized spacial score (nSPS) is 20.8. The minimum atomic E-state index is -4.84. The number of amides is 4. The van der Waals surface area contributed by atoms with Gasteiger partial charge in [0.2, 0.25) is 5.91 Å². The van der Waals surface area contributed by atoms with Gasteiger partial charge < -0.3 is 19.9 Å². The molecule has 2 aromatic rings. The summed E-state index contributed by atoms with van der Waals surface area (Å²) in [4.78, 5) is 43.2. The van der Waals surface area contributed by atoms with Gasteiger partial charge in [-0.15, -0.1) is 13.2 Å². The molecule has 0 saturated carbocycles. The molecule has 4 amide bonds. The minimum Gasteiger partial charge on any atom is -0.406 e. The van der Waals surface area contributed by atoms with E-state index in [4.69, 9.17) is 0 Å². The van der Waals surface area contributed by atoms with Gasteiger partial charge >= 0.3 is 12.4 Å². The van der Waals surface area contributed by atoms with Crippen molar-refractivity contribution < 1.29 is 32.3 Å². The molecular weight excluding hydrogens is 465 g/mol. The van der Waals surface area contributed by atoms with Crippen molar-refractivity contribution in [3.05, 3.63) is 59.7 Å². The second-order valence-electron chi connectivity index (χ2n) is 8.73. The van der Waals surface area contributed by atoms with E-state index in [9.17, 15) is 27.6 Å². The van der Waals surface area contributed by atoms with Gasteiger partial charge in [-0.2, -0.15) is 0 Å². The van der Waals surface area contributed by atoms with Crippen LogP contribution in [-0.4, -0.2) is 66.7 Å². The quantitative estimate of drug-likeness (QED) is 0.652. The van der Waals surface area contributed by atoms with Crippen LogP contribution in [0, 0.1) is 6.92 Å². The molecule has 4 rings (SSSR count). The van der Waals surface area contributed by atoms with Crippen LogP contribution in [0.3, 0.4) is 0 Å². The summed E-state index contributed by atoms with van der Waals surface area (Å²) in [5.74, 6) is -1.45. The summed E-state index contributed by atoms with van der Waals surface area (Å²) in [6, 6.07) is 12.0. The molecule has 2 aromatic carbocycles. The molecule has 1 atom stereocenters. The first-order chi connectivity index (χ1) is 16.5. The van der Waals surface area contributed by atoms with Crippen LogP contribution in [-0.2, 0) is 15.1 Å². The minimum absolute atomic E-state index is 0.270. The monoisotopic (exact) mass is 490 g/mol. The third-order valence-corrected chi connectivity index (χ3v) is 6.23. The van der Waals surface area contributed by atoms with Crippen LogP contribution in [0.1, 0.15) is 18.1 Å². The molecule has 2 fully saturated rings. The number of urea groups is 1. The molecule has 2 aliphatic heterocycles. The van der Waals surface area contributed by atoms with Crippen LogP contribution in [0.15, 0.2) is 48.5 Å². The first-order valence-electron chi connectivity index (χ1n) is 11.1. The molecule has 0 spiro atoms. The number of hydrogen-bond donors (Lipinski definition) is 1. The van der Waals surface area contributed by atoms with Gasteiger partial charge in [-0.25, -0.2) is 4.79 Å². The molecule has 11 heteroatoms. The maximum atomic E-state index is 13.1. The Morgan fingerprint density at radius 2 is 1.71 bits per heavy atom. The van der Waals surface area contributed by atoms with Crippen LogP contribution in [0.4, 0.5) is 23.7 Å². The molecule has 0 radical (unpaired) electrons. The van der Waals surface area contributed by atoms with E-state index in [1.807, 2.05) is 25.1 Å². The molecule has 0 bridgehead atoms. The van der Waals surface area contributed by atoms with Crippen LogP contribution in [0.5, 0.6) is 5.75 Å². The lowest BCUT2D eigenvalue weighted by Crippen LogP contribution is -2.52. The Balaban J connectivity index is 1.38. The van der Waals surface area contributed by atoms with Crippen molar-refractivity contribution in [3.63, 3.8) is 0 Å². The van der Waals surface area contributed by atoms with Gasteiger partial charge in [-0.05, 0) is 49.2 Å². The smallest absolute Gasteiger partial charge is 0.406 e. The zero-order valence-corrected chi connectivity index (χ0v) is 19.3. The largest absolute Gasteiger partial charge is 0.573 e. The fourth-order valence-electron chi connectivity index (χ4n) is 4.30. The van der Waals surface area contributed by atoms with Crippen molar-refractivity contribution in [2.75, 3.05) is 37.6 Å². The second kappa shape index (κ2) is 9.12. The molecule has 186 valence electrons. The molecule has 0 aromatic heterocycles. The molecule has 8 nitrogen and oxygen atoms in total. The van der Waals surface area contributed by atoms with E-state index >= 15 is 0 Å². The highest BCUT2D eigenvalue weighted by Gasteiger charge is 2.50. The maximum absolute atomic E-state index is 13.1. The van der Waals surface area contributed by atoms with Gasteiger partial charge in [0.25, 0.3) is 5.91 Å². The van der Waals surface area contributed by atoms with Crippen molar-refractivity contribution >= 4 is 23.5 Å². The van der Waals surface area contributed by atoms with Crippen molar-refractivity contribution in [3.8, 4) is 5.75 Å². The Labute approximate surface area is 200 Å². The number of ether oxygens (including phenoxy) is 1. The van der Waals surface area contributed by atoms with E-state index < -0.39 is 36.1 Å². The number of benzene rings is 2. The highest BCUT2D eigenvalue weighted by atomic mass is 19.4. The number of aryl methyl sites for hydroxylation is 1. The van der Waals surface area contributed by atoms with E-state index in [1.165, 1.54) is 19.1 Å². The highest BCUT2D eigenvalue weighted by molar-refractivity contribution is 6.09. The maximum Gasteiger partial charge on any atom is 0.573 e. The van der Waals surface area contributed by atoms with Crippen LogP contribution in [0.2, 0.25) is 0 Å². The van der Waals surface area contributed by atoms with Crippen molar-refractivity contribution in [1.29, 1.82) is 0 Å². The summed E-state index contributed by atoms with van der Waals surface area (Å²) in [5.41, 5.74) is 0.976. The Bertz CT molecular complexity index is 1130. The molecule has 2 heterocycles. The molecule has 1 N–H and O–H groups in total. The van der Waals surface area contributed by atoms with Gasteiger partial charge in [-0.3, -0.25) is 14.5 Å². The van der Waals surface area contributed by atoms with E-state index in [-0.39, 0.29) is 11.5 Å². The fraction of sp³-hybridized carbons (Fsp3) is 0.375. The van der Waals surface area contributed by atoms with E-state index in [0.717, 1.165) is 28.3 Å². The summed E-state index contributed by atoms with van der Waals surface area (Å²) in [5, 5.41) is 2.55. The Hall–Kier alpha value is -3.76. The molecule has 0 aliphatic carbocycles. The number of carbonyl (C=O) groups excluding carboxylic acids is 3. The van der Waals surface area contributed by atoms with Gasteiger partial charge in [0.1, 0.15) is 17.8 Å². The van der Waals surface area contributed by atoms with E-state index in [0.29, 0.717) is 26.2 Å². The Kier molecular flexibility index (Phi) is 6.35. The number of nitrogens with zero attached hydrogens (tertiary/aromatic N) is 3. The number of piperazine rings is 1. The SMILES string of the molecule is Cc1cccc(N2CCN(C(=O)CN3C(=O)NC(C)(c4ccc(OC(F)(F)F)cc4)C3=O)CC2)c1. The van der Waals surface area contributed by atoms with Crippen molar-refractivity contribution in [2.45, 2.75) is 25.7 Å². The zero-order chi connectivity index (χ0) is 25.4. The van der Waals surface area contributed by atoms with Gasteiger partial charge in [0.05, 0.1) is 0 Å². The molecular formula is C24H25F3N4O4. The lowest BCUT2D eigenvalue weighted by atomic mass is 9.92. The first-order valence-corrected chi connectivity index (χ1v) is 11.1. The molecule has 2 aliphatic rings. The molecule has 35 heavy (non-hydrogen) atoms. The zero-order valence-electron chi connectivity index (χ0n) is 19.3. The average Bonchev–Trinajstić information content (AvgIpc) is 3.02. The summed E-state index contributed by atoms with van der Waals surface area (Å²) >= 11 is 0. The average molecular weight is 490 g/mol. The third-order valence-electron chi connectivity index (χ3n) is 6.23. The lowest BCUT2D eigenvalue weighted by molar-refractivity contribution is -0.274. The summed E-state index contributed by atoms with van der Waals surface area (Å²) in [6.07, 6.45) is -4.84. The standard InChI is InChI=1S/C24H25F3N4O4/c1-16-4-3-5-18(14-16)29-10-12-30(13-11-29)20(32)15-31-21(33)23(2,28-22(31)34)17-6-8-19(9-7-17)35-24(25,26)27/h3-9,14H,10-13,15H2,1-2H3,(H,28,34). The number of rotatable bonds is 5. The lowest BCUT2D eigenvalue weighted by Gasteiger charge is -2.36. The Morgan fingerprint density at radius 3 is 2.31 bits per heavy atom. The topological polar surface area (TPSA) is 82.2 Å². The first kappa shape index (κ1) is 24.4. The van der Waals surface area contributed by atoms with Crippen LogP contribution < -0.4 is 15.0 Å². The van der Waals surface area contributed by atoms with Crippen LogP contribution in [0.25, 0.3) is 0 Å². The third kappa shape index (κ3) is 5.18. The molecule has 2 saturated heterocycles. The number of nitrogens with one attached hydrogen (secondary N) is 1.